The van der Waals surface area contributed by atoms with E-state index in [4.69, 9.17) is 0 Å². The second-order valence-corrected chi connectivity index (χ2v) is 7.94. The summed E-state index contributed by atoms with van der Waals surface area (Å²) in [6.45, 7) is 15.0. The molecule has 0 aliphatic rings. The molecule has 0 bridgehead atoms. The second-order valence-electron chi connectivity index (χ2n) is 3.76. The van der Waals surface area contributed by atoms with Crippen LogP contribution < -0.4 is 0 Å². The normalized spacial score (nSPS) is 12.0. The molecule has 0 aromatic carbocycles. The van der Waals surface area contributed by atoms with Crippen molar-refractivity contribution in [3.8, 4) is 0 Å². The number of unbranched alkanes of at least 4 members (excludes halogenated alkanes) is 1. The summed E-state index contributed by atoms with van der Waals surface area (Å²) in [5, 5.41) is 0. The average molecular weight is 170 g/mol. The van der Waals surface area contributed by atoms with Crippen LogP contribution in [0.25, 0.3) is 0 Å². The first kappa shape index (κ1) is 11.2. The molecule has 0 amide bonds. The summed E-state index contributed by atoms with van der Waals surface area (Å²) in [6, 6.07) is 1.44. The Kier molecular flexibility index (Phi) is 5.93. The first-order valence-electron chi connectivity index (χ1n) is 4.75. The van der Waals surface area contributed by atoms with Gasteiger partial charge >= 0.3 is 0 Å². The van der Waals surface area contributed by atoms with E-state index >= 15 is 0 Å². The zero-order valence-corrected chi connectivity index (χ0v) is 9.42. The Labute approximate surface area is 74.0 Å². The average Bonchev–Trinajstić information content (AvgIpc) is 1.87. The van der Waals surface area contributed by atoms with Gasteiger partial charge in [0.05, 0.1) is 0 Å². The number of rotatable bonds is 5. The highest BCUT2D eigenvalue weighted by Gasteiger charge is 2.17. The third-order valence-electron chi connectivity index (χ3n) is 2.35. The lowest BCUT2D eigenvalue weighted by Gasteiger charge is -2.22. The predicted octanol–water partition coefficient (Wildman–Crippen LogP) is 3.46. The second kappa shape index (κ2) is 5.82. The monoisotopic (exact) mass is 170 g/mol. The molecule has 11 heavy (non-hydrogen) atoms. The predicted molar refractivity (Wildman–Crippen MR) is 56.4 cm³/mol. The summed E-state index contributed by atoms with van der Waals surface area (Å²) in [4.78, 5) is 0. The van der Waals surface area contributed by atoms with Gasteiger partial charge in [-0.05, 0) is 0 Å². The van der Waals surface area contributed by atoms with Crippen LogP contribution in [0.15, 0.2) is 0 Å². The molecule has 0 saturated carbocycles. The molecule has 2 radical (unpaired) electrons. The fourth-order valence-electron chi connectivity index (χ4n) is 1.57. The van der Waals surface area contributed by atoms with Crippen LogP contribution in [0.1, 0.15) is 33.6 Å². The lowest BCUT2D eigenvalue weighted by atomic mass is 10.4. The fraction of sp³-hybridized carbons (Fsp3) is 0.800. The van der Waals surface area contributed by atoms with Gasteiger partial charge in [0.1, 0.15) is 0 Å². The van der Waals surface area contributed by atoms with Gasteiger partial charge in [-0.2, -0.15) is 0 Å². The third kappa shape index (κ3) is 4.62. The molecular weight excluding hydrogens is 148 g/mol. The highest BCUT2D eigenvalue weighted by atomic mass is 28.3. The van der Waals surface area contributed by atoms with E-state index in [0.29, 0.717) is 11.1 Å². The molecule has 0 aliphatic carbocycles. The number of hydrogen-bond donors (Lipinski definition) is 0. The summed E-state index contributed by atoms with van der Waals surface area (Å²) < 4.78 is 0. The van der Waals surface area contributed by atoms with Crippen molar-refractivity contribution in [3.05, 3.63) is 13.8 Å². The molecule has 0 aliphatic heterocycles. The molecule has 1 heteroatoms. The summed E-state index contributed by atoms with van der Waals surface area (Å²) in [5.41, 5.74) is 1.38. The van der Waals surface area contributed by atoms with Crippen molar-refractivity contribution in [2.45, 2.75) is 50.7 Å². The summed E-state index contributed by atoms with van der Waals surface area (Å²) in [7, 11) is -0.620. The molecule has 0 fully saturated rings. The van der Waals surface area contributed by atoms with Crippen molar-refractivity contribution < 1.29 is 0 Å². The maximum Gasteiger partial charge on any atom is 0.0424 e. The van der Waals surface area contributed by atoms with Crippen LogP contribution in [0.5, 0.6) is 0 Å². The molecule has 0 heterocycles. The zero-order valence-electron chi connectivity index (χ0n) is 8.27. The van der Waals surface area contributed by atoms with Crippen LogP contribution in [0.4, 0.5) is 0 Å². The Morgan fingerprint density at radius 3 is 1.91 bits per heavy atom. The Morgan fingerprint density at radius 2 is 1.64 bits per heavy atom. The van der Waals surface area contributed by atoms with Crippen molar-refractivity contribution >= 4 is 8.80 Å². The first-order chi connectivity index (χ1) is 5.09. The fourth-order valence-corrected chi connectivity index (χ4v) is 4.71. The Balaban J connectivity index is 3.70. The van der Waals surface area contributed by atoms with Gasteiger partial charge in [-0.25, -0.2) is 0 Å². The maximum atomic E-state index is 4.13. The minimum Gasteiger partial charge on any atom is -0.0654 e. The van der Waals surface area contributed by atoms with Crippen molar-refractivity contribution in [2.24, 2.45) is 0 Å². The SMILES string of the molecule is [CH2]C(C)[SiH](CCCC)C([CH2])C. The van der Waals surface area contributed by atoms with Gasteiger partial charge in [-0.1, -0.05) is 64.6 Å². The number of hydrogen-bond acceptors (Lipinski definition) is 0. The van der Waals surface area contributed by atoms with Gasteiger partial charge in [-0.3, -0.25) is 0 Å². The molecule has 0 spiro atoms. The van der Waals surface area contributed by atoms with Crippen molar-refractivity contribution in [3.63, 3.8) is 0 Å². The van der Waals surface area contributed by atoms with E-state index in [1.54, 1.807) is 0 Å². The molecule has 66 valence electrons. The highest BCUT2D eigenvalue weighted by molar-refractivity contribution is 6.62. The van der Waals surface area contributed by atoms with Gasteiger partial charge in [0.2, 0.25) is 0 Å². The molecular formula is C10H22Si. The van der Waals surface area contributed by atoms with Crippen molar-refractivity contribution in [2.75, 3.05) is 0 Å². The van der Waals surface area contributed by atoms with Crippen LogP contribution in [0.2, 0.25) is 17.1 Å². The van der Waals surface area contributed by atoms with Crippen LogP contribution in [-0.4, -0.2) is 8.80 Å². The smallest absolute Gasteiger partial charge is 0.0424 e. The topological polar surface area (TPSA) is 0 Å². The summed E-state index contributed by atoms with van der Waals surface area (Å²) >= 11 is 0. The molecule has 0 rings (SSSR count). The largest absolute Gasteiger partial charge is 0.0654 e. The Morgan fingerprint density at radius 1 is 1.18 bits per heavy atom. The minimum absolute atomic E-state index is 0.620. The van der Waals surface area contributed by atoms with Gasteiger partial charge in [-0.15, -0.1) is 0 Å². The summed E-state index contributed by atoms with van der Waals surface area (Å²) in [5.74, 6) is 0. The molecule has 0 aromatic heterocycles. The lowest BCUT2D eigenvalue weighted by Crippen LogP contribution is -2.20. The van der Waals surface area contributed by atoms with E-state index in [9.17, 15) is 0 Å². The molecule has 2 unspecified atom stereocenters. The van der Waals surface area contributed by atoms with Crippen LogP contribution >= 0.6 is 0 Å². The van der Waals surface area contributed by atoms with E-state index < -0.39 is 8.80 Å². The van der Waals surface area contributed by atoms with E-state index in [2.05, 4.69) is 34.6 Å². The van der Waals surface area contributed by atoms with Crippen molar-refractivity contribution in [1.82, 2.24) is 0 Å². The molecule has 0 N–H and O–H groups in total. The van der Waals surface area contributed by atoms with E-state index in [-0.39, 0.29) is 0 Å². The van der Waals surface area contributed by atoms with Gasteiger partial charge < -0.3 is 0 Å². The quantitative estimate of drug-likeness (QED) is 0.554. The van der Waals surface area contributed by atoms with Gasteiger partial charge in [0.25, 0.3) is 0 Å². The zero-order chi connectivity index (χ0) is 8.85. The highest BCUT2D eigenvalue weighted by Crippen LogP contribution is 2.24. The first-order valence-corrected chi connectivity index (χ1v) is 6.90. The standard InChI is InChI=1S/C10H22Si/c1-6-7-8-11(9(2)3)10(4)5/h9-11H,2,4,6-8H2,1,3,5H3. The third-order valence-corrected chi connectivity index (χ3v) is 6.35. The Bertz CT molecular complexity index is 78.9. The van der Waals surface area contributed by atoms with Crippen LogP contribution in [0, 0.1) is 13.8 Å². The van der Waals surface area contributed by atoms with E-state index in [1.807, 2.05) is 0 Å². The van der Waals surface area contributed by atoms with Gasteiger partial charge in [0.15, 0.2) is 0 Å². The maximum absolute atomic E-state index is 4.13. The Hall–Kier alpha value is 0.217. The molecule has 0 nitrogen and oxygen atoms in total. The van der Waals surface area contributed by atoms with Crippen LogP contribution in [0.3, 0.4) is 0 Å². The molecule has 0 saturated heterocycles. The van der Waals surface area contributed by atoms with Crippen molar-refractivity contribution in [1.29, 1.82) is 0 Å². The minimum atomic E-state index is -0.620. The van der Waals surface area contributed by atoms with E-state index in [1.165, 1.54) is 18.9 Å². The molecule has 0 aromatic rings. The summed E-state index contributed by atoms with van der Waals surface area (Å²) in [6.07, 6.45) is 2.71. The van der Waals surface area contributed by atoms with E-state index in [0.717, 1.165) is 0 Å². The lowest BCUT2D eigenvalue weighted by molar-refractivity contribution is 0.852. The van der Waals surface area contributed by atoms with Crippen LogP contribution in [-0.2, 0) is 0 Å². The molecule has 2 atom stereocenters. The van der Waals surface area contributed by atoms with Gasteiger partial charge in [0, 0.05) is 8.80 Å².